The topological polar surface area (TPSA) is 26.3 Å². The van der Waals surface area contributed by atoms with Crippen molar-refractivity contribution in [2.45, 2.75) is 13.3 Å². The van der Waals surface area contributed by atoms with Crippen molar-refractivity contribution in [1.82, 2.24) is 0 Å². The number of hydrogen-bond donors (Lipinski definition) is 0. The molecule has 0 saturated heterocycles. The quantitative estimate of drug-likeness (QED) is 0.233. The Balaban J connectivity index is 1.57. The standard InChI is InChI=1S/C33H22O2/c1-19-13-14-24-25-15-16-28-32(33(25)35-29(24)17-19)31-26(11-6-12-27(31)34-28)30-22-9-4-2-7-20(22)18-21-8-3-5-10-23(21)30/h2-16,18-19H,17H2,1H3. The molecule has 0 fully saturated rings. The fourth-order valence-corrected chi connectivity index (χ4v) is 5.99. The molecule has 1 atom stereocenters. The third-order valence-electron chi connectivity index (χ3n) is 7.57. The van der Waals surface area contributed by atoms with Crippen molar-refractivity contribution in [3.05, 3.63) is 102 Å². The van der Waals surface area contributed by atoms with Crippen LogP contribution < -0.4 is 0 Å². The summed E-state index contributed by atoms with van der Waals surface area (Å²) in [4.78, 5) is 0. The van der Waals surface area contributed by atoms with Gasteiger partial charge in [0, 0.05) is 22.8 Å². The highest BCUT2D eigenvalue weighted by molar-refractivity contribution is 6.25. The van der Waals surface area contributed by atoms with Gasteiger partial charge in [0.2, 0.25) is 0 Å². The zero-order valence-corrected chi connectivity index (χ0v) is 19.3. The van der Waals surface area contributed by atoms with Crippen molar-refractivity contribution < 1.29 is 8.83 Å². The molecular formula is C33H22O2. The highest BCUT2D eigenvalue weighted by Crippen LogP contribution is 2.46. The Morgan fingerprint density at radius 1 is 0.686 bits per heavy atom. The molecule has 0 radical (unpaired) electrons. The lowest BCUT2D eigenvalue weighted by molar-refractivity contribution is 0.515. The van der Waals surface area contributed by atoms with Gasteiger partial charge in [-0.05, 0) is 62.9 Å². The molecule has 0 aliphatic heterocycles. The average molecular weight is 451 g/mol. The summed E-state index contributed by atoms with van der Waals surface area (Å²) in [5, 5.41) is 8.33. The maximum absolute atomic E-state index is 6.60. The van der Waals surface area contributed by atoms with Gasteiger partial charge in [0.1, 0.15) is 22.5 Å². The van der Waals surface area contributed by atoms with Crippen LogP contribution in [0, 0.1) is 5.92 Å². The van der Waals surface area contributed by atoms with E-state index in [4.69, 9.17) is 8.83 Å². The number of rotatable bonds is 1. The van der Waals surface area contributed by atoms with Crippen molar-refractivity contribution in [3.8, 4) is 11.1 Å². The first-order valence-corrected chi connectivity index (χ1v) is 12.2. The first-order valence-electron chi connectivity index (χ1n) is 12.2. The number of benzene rings is 5. The number of hydrogen-bond acceptors (Lipinski definition) is 2. The van der Waals surface area contributed by atoms with Crippen LogP contribution >= 0.6 is 0 Å². The SMILES string of the molecule is CC1C=Cc2c(oc3c2ccc2oc4cccc(-c5c6ccccc6cc6ccccc56)c4c23)C1. The zero-order valence-electron chi connectivity index (χ0n) is 19.3. The van der Waals surface area contributed by atoms with Crippen LogP contribution in [0.3, 0.4) is 0 Å². The summed E-state index contributed by atoms with van der Waals surface area (Å²) >= 11 is 0. The summed E-state index contributed by atoms with van der Waals surface area (Å²) in [7, 11) is 0. The van der Waals surface area contributed by atoms with Gasteiger partial charge in [-0.3, -0.25) is 0 Å². The van der Waals surface area contributed by atoms with Crippen LogP contribution in [0.15, 0.2) is 99.8 Å². The smallest absolute Gasteiger partial charge is 0.146 e. The third-order valence-corrected chi connectivity index (χ3v) is 7.57. The highest BCUT2D eigenvalue weighted by Gasteiger charge is 2.23. The first kappa shape index (κ1) is 19.1. The van der Waals surface area contributed by atoms with Gasteiger partial charge < -0.3 is 8.83 Å². The van der Waals surface area contributed by atoms with Crippen molar-refractivity contribution in [2.75, 3.05) is 0 Å². The zero-order chi connectivity index (χ0) is 23.1. The Hall–Kier alpha value is -4.30. The first-order chi connectivity index (χ1) is 17.3. The average Bonchev–Trinajstić information content (AvgIpc) is 3.44. The summed E-state index contributed by atoms with van der Waals surface area (Å²) in [5.74, 6) is 1.56. The molecule has 0 spiro atoms. The predicted octanol–water partition coefficient (Wildman–Crippen LogP) is 9.51. The lowest BCUT2D eigenvalue weighted by Crippen LogP contribution is -2.00. The Labute approximate surface area is 202 Å². The second kappa shape index (κ2) is 6.86. The van der Waals surface area contributed by atoms with Gasteiger partial charge in [-0.15, -0.1) is 0 Å². The van der Waals surface area contributed by atoms with Crippen molar-refractivity contribution >= 4 is 60.5 Å². The molecule has 2 heteroatoms. The Morgan fingerprint density at radius 2 is 1.43 bits per heavy atom. The molecule has 7 aromatic rings. The molecule has 1 unspecified atom stereocenters. The number of furan rings is 2. The van der Waals surface area contributed by atoms with Gasteiger partial charge in [0.15, 0.2) is 0 Å². The van der Waals surface area contributed by atoms with Crippen LogP contribution in [0.25, 0.3) is 71.7 Å². The monoisotopic (exact) mass is 450 g/mol. The van der Waals surface area contributed by atoms with Gasteiger partial charge in [0.25, 0.3) is 0 Å². The fraction of sp³-hybridized carbons (Fsp3) is 0.0909. The molecule has 8 rings (SSSR count). The molecule has 2 nitrogen and oxygen atoms in total. The molecule has 0 saturated carbocycles. The van der Waals surface area contributed by atoms with Crippen molar-refractivity contribution in [2.24, 2.45) is 5.92 Å². The summed E-state index contributed by atoms with van der Waals surface area (Å²) in [6, 6.07) is 30.3. The molecule has 2 aromatic heterocycles. The van der Waals surface area contributed by atoms with Crippen molar-refractivity contribution in [3.63, 3.8) is 0 Å². The molecular weight excluding hydrogens is 428 g/mol. The minimum Gasteiger partial charge on any atom is -0.460 e. The van der Waals surface area contributed by atoms with Gasteiger partial charge in [-0.25, -0.2) is 0 Å². The lowest BCUT2D eigenvalue weighted by Gasteiger charge is -2.13. The molecule has 5 aromatic carbocycles. The van der Waals surface area contributed by atoms with E-state index in [1.54, 1.807) is 0 Å². The predicted molar refractivity (Wildman–Crippen MR) is 146 cm³/mol. The molecule has 166 valence electrons. The number of allylic oxidation sites excluding steroid dienone is 1. The van der Waals surface area contributed by atoms with Crippen LogP contribution in [0.5, 0.6) is 0 Å². The van der Waals surface area contributed by atoms with E-state index in [-0.39, 0.29) is 0 Å². The van der Waals surface area contributed by atoms with E-state index in [1.807, 2.05) is 0 Å². The molecule has 2 heterocycles. The third kappa shape index (κ3) is 2.60. The minimum atomic E-state index is 0.484. The van der Waals surface area contributed by atoms with Crippen LogP contribution in [0.2, 0.25) is 0 Å². The molecule has 0 bridgehead atoms. The summed E-state index contributed by atoms with van der Waals surface area (Å²) in [5.41, 5.74) is 6.33. The van der Waals surface area contributed by atoms with E-state index in [0.29, 0.717) is 5.92 Å². The minimum absolute atomic E-state index is 0.484. The summed E-state index contributed by atoms with van der Waals surface area (Å²) in [6.45, 7) is 2.24. The van der Waals surface area contributed by atoms with E-state index in [1.165, 1.54) is 38.2 Å². The van der Waals surface area contributed by atoms with E-state index < -0.39 is 0 Å². The highest BCUT2D eigenvalue weighted by atomic mass is 16.3. The maximum atomic E-state index is 6.60. The molecule has 0 amide bonds. The summed E-state index contributed by atoms with van der Waals surface area (Å²) in [6.07, 6.45) is 5.43. The van der Waals surface area contributed by atoms with Crippen LogP contribution in [-0.2, 0) is 6.42 Å². The lowest BCUT2D eigenvalue weighted by atomic mass is 9.89. The maximum Gasteiger partial charge on any atom is 0.146 e. The van der Waals surface area contributed by atoms with E-state index in [9.17, 15) is 0 Å². The van der Waals surface area contributed by atoms with Crippen molar-refractivity contribution in [1.29, 1.82) is 0 Å². The fourth-order valence-electron chi connectivity index (χ4n) is 5.99. The van der Waals surface area contributed by atoms with E-state index >= 15 is 0 Å². The van der Waals surface area contributed by atoms with Gasteiger partial charge in [-0.1, -0.05) is 79.7 Å². The Kier molecular flexibility index (Phi) is 3.74. The van der Waals surface area contributed by atoms with Gasteiger partial charge >= 0.3 is 0 Å². The molecule has 1 aliphatic rings. The second-order valence-electron chi connectivity index (χ2n) is 9.77. The Morgan fingerprint density at radius 3 is 2.23 bits per heavy atom. The normalized spacial score (nSPS) is 15.6. The molecule has 0 N–H and O–H groups in total. The Bertz CT molecular complexity index is 1940. The largest absolute Gasteiger partial charge is 0.460 e. The molecule has 1 aliphatic carbocycles. The number of fused-ring (bicyclic) bond motifs is 9. The van der Waals surface area contributed by atoms with Crippen LogP contribution in [-0.4, -0.2) is 0 Å². The van der Waals surface area contributed by atoms with Gasteiger partial charge in [0.05, 0.1) is 5.39 Å². The summed E-state index contributed by atoms with van der Waals surface area (Å²) < 4.78 is 13.0. The van der Waals surface area contributed by atoms with Crippen LogP contribution in [0.1, 0.15) is 18.2 Å². The molecule has 35 heavy (non-hydrogen) atoms. The van der Waals surface area contributed by atoms with Crippen LogP contribution in [0.4, 0.5) is 0 Å². The van der Waals surface area contributed by atoms with E-state index in [2.05, 4.69) is 104 Å². The van der Waals surface area contributed by atoms with E-state index in [0.717, 1.165) is 45.1 Å². The second-order valence-corrected chi connectivity index (χ2v) is 9.77. The van der Waals surface area contributed by atoms with Gasteiger partial charge in [-0.2, -0.15) is 0 Å².